The molecular weight excluding hydrogens is 266 g/mol. The summed E-state index contributed by atoms with van der Waals surface area (Å²) in [5, 5.41) is 3.54. The lowest BCUT2D eigenvalue weighted by Gasteiger charge is -2.24. The summed E-state index contributed by atoms with van der Waals surface area (Å²) in [5.74, 6) is 1.70. The van der Waals surface area contributed by atoms with Gasteiger partial charge in [-0.05, 0) is 43.5 Å². The minimum atomic E-state index is 0.245. The second kappa shape index (κ2) is 7.14. The Morgan fingerprint density at radius 2 is 2.05 bits per heavy atom. The highest BCUT2D eigenvalue weighted by Crippen LogP contribution is 2.31. The van der Waals surface area contributed by atoms with E-state index >= 15 is 0 Å². The Labute approximate surface area is 126 Å². The first-order valence-corrected chi connectivity index (χ1v) is 8.00. The molecule has 0 bridgehead atoms. The number of rotatable bonds is 5. The average molecular weight is 291 g/mol. The summed E-state index contributed by atoms with van der Waals surface area (Å²) in [6.07, 6.45) is 5.77. The van der Waals surface area contributed by atoms with E-state index in [0.717, 1.165) is 50.5 Å². The fourth-order valence-corrected chi connectivity index (χ4v) is 3.13. The lowest BCUT2D eigenvalue weighted by atomic mass is 10.0. The number of nitrogens with one attached hydrogen (secondary N) is 1. The third kappa shape index (κ3) is 3.89. The summed E-state index contributed by atoms with van der Waals surface area (Å²) in [5.41, 5.74) is 1.31. The van der Waals surface area contributed by atoms with Gasteiger partial charge in [-0.1, -0.05) is 6.07 Å². The van der Waals surface area contributed by atoms with Gasteiger partial charge in [0.2, 0.25) is 0 Å². The van der Waals surface area contributed by atoms with Crippen LogP contribution >= 0.6 is 0 Å². The lowest BCUT2D eigenvalue weighted by Crippen LogP contribution is -2.26. The van der Waals surface area contributed by atoms with Crippen LogP contribution in [-0.2, 0) is 11.2 Å². The van der Waals surface area contributed by atoms with E-state index < -0.39 is 0 Å². The molecule has 2 aliphatic heterocycles. The fourth-order valence-electron chi connectivity index (χ4n) is 3.13. The molecule has 21 heavy (non-hydrogen) atoms. The van der Waals surface area contributed by atoms with E-state index in [1.54, 1.807) is 7.11 Å². The molecule has 116 valence electrons. The number of hydrogen-bond acceptors (Lipinski definition) is 4. The molecule has 2 saturated heterocycles. The van der Waals surface area contributed by atoms with E-state index in [4.69, 9.17) is 14.2 Å². The quantitative estimate of drug-likeness (QED) is 0.905. The van der Waals surface area contributed by atoms with Crippen LogP contribution in [0.5, 0.6) is 11.5 Å². The maximum absolute atomic E-state index is 6.08. The Kier molecular flexibility index (Phi) is 4.99. The van der Waals surface area contributed by atoms with Crippen LogP contribution in [0.4, 0.5) is 0 Å². The minimum Gasteiger partial charge on any atom is -0.493 e. The zero-order valence-corrected chi connectivity index (χ0v) is 12.8. The highest BCUT2D eigenvalue weighted by atomic mass is 16.5. The highest BCUT2D eigenvalue weighted by molar-refractivity contribution is 5.43. The van der Waals surface area contributed by atoms with Gasteiger partial charge in [0.15, 0.2) is 11.5 Å². The van der Waals surface area contributed by atoms with Gasteiger partial charge in [-0.3, -0.25) is 0 Å². The molecule has 2 fully saturated rings. The maximum Gasteiger partial charge on any atom is 0.161 e. The Morgan fingerprint density at radius 3 is 2.76 bits per heavy atom. The van der Waals surface area contributed by atoms with E-state index in [1.165, 1.54) is 18.4 Å². The van der Waals surface area contributed by atoms with Crippen molar-refractivity contribution >= 4 is 0 Å². The monoisotopic (exact) mass is 291 g/mol. The molecule has 1 atom stereocenters. The molecule has 1 aromatic carbocycles. The van der Waals surface area contributed by atoms with Crippen molar-refractivity contribution in [3.8, 4) is 11.5 Å². The Hall–Kier alpha value is -1.26. The van der Waals surface area contributed by atoms with Crippen molar-refractivity contribution in [2.45, 2.75) is 44.2 Å². The predicted octanol–water partition coefficient (Wildman–Crippen LogP) is 2.55. The van der Waals surface area contributed by atoms with Gasteiger partial charge in [-0.25, -0.2) is 0 Å². The van der Waals surface area contributed by atoms with Crippen LogP contribution in [-0.4, -0.2) is 39.0 Å². The summed E-state index contributed by atoms with van der Waals surface area (Å²) < 4.78 is 17.0. The van der Waals surface area contributed by atoms with Gasteiger partial charge in [0, 0.05) is 18.9 Å². The molecule has 2 aliphatic rings. The molecular formula is C17H25NO3. The molecule has 0 spiro atoms. The SMILES string of the molecule is COc1cc(CC2CCCN2)ccc1OC1CCOCC1. The second-order valence-electron chi connectivity index (χ2n) is 5.91. The molecule has 4 nitrogen and oxygen atoms in total. The van der Waals surface area contributed by atoms with Crippen molar-refractivity contribution in [2.75, 3.05) is 26.9 Å². The zero-order valence-electron chi connectivity index (χ0n) is 12.8. The molecule has 1 aromatic rings. The van der Waals surface area contributed by atoms with Crippen LogP contribution in [0.2, 0.25) is 0 Å². The molecule has 0 aliphatic carbocycles. The van der Waals surface area contributed by atoms with Crippen LogP contribution < -0.4 is 14.8 Å². The first-order chi connectivity index (χ1) is 10.3. The van der Waals surface area contributed by atoms with Crippen molar-refractivity contribution in [2.24, 2.45) is 0 Å². The minimum absolute atomic E-state index is 0.245. The lowest BCUT2D eigenvalue weighted by molar-refractivity contribution is 0.0245. The van der Waals surface area contributed by atoms with E-state index in [1.807, 2.05) is 0 Å². The molecule has 0 amide bonds. The van der Waals surface area contributed by atoms with Crippen LogP contribution in [0.1, 0.15) is 31.2 Å². The van der Waals surface area contributed by atoms with Crippen LogP contribution in [0.3, 0.4) is 0 Å². The standard InChI is InChI=1S/C17H25NO3/c1-19-17-12-13(11-14-3-2-8-18-14)4-5-16(17)21-15-6-9-20-10-7-15/h4-5,12,14-15,18H,2-3,6-11H2,1H3. The summed E-state index contributed by atoms with van der Waals surface area (Å²) >= 11 is 0. The van der Waals surface area contributed by atoms with E-state index in [0.29, 0.717) is 6.04 Å². The van der Waals surface area contributed by atoms with E-state index in [2.05, 4.69) is 23.5 Å². The number of hydrogen-bond donors (Lipinski definition) is 1. The van der Waals surface area contributed by atoms with Gasteiger partial charge in [-0.2, -0.15) is 0 Å². The molecule has 2 heterocycles. The van der Waals surface area contributed by atoms with Crippen LogP contribution in [0.15, 0.2) is 18.2 Å². The molecule has 0 saturated carbocycles. The number of benzene rings is 1. The van der Waals surface area contributed by atoms with E-state index in [-0.39, 0.29) is 6.10 Å². The molecule has 3 rings (SSSR count). The predicted molar refractivity (Wildman–Crippen MR) is 82.2 cm³/mol. The molecule has 1 unspecified atom stereocenters. The first-order valence-electron chi connectivity index (χ1n) is 8.00. The Morgan fingerprint density at radius 1 is 1.19 bits per heavy atom. The fraction of sp³-hybridized carbons (Fsp3) is 0.647. The highest BCUT2D eigenvalue weighted by Gasteiger charge is 2.19. The third-order valence-corrected chi connectivity index (χ3v) is 4.33. The molecule has 0 radical (unpaired) electrons. The maximum atomic E-state index is 6.08. The summed E-state index contributed by atoms with van der Waals surface area (Å²) in [4.78, 5) is 0. The Balaban J connectivity index is 1.65. The first kappa shape index (κ1) is 14.7. The van der Waals surface area contributed by atoms with Gasteiger partial charge < -0.3 is 19.5 Å². The van der Waals surface area contributed by atoms with Crippen molar-refractivity contribution in [3.05, 3.63) is 23.8 Å². The van der Waals surface area contributed by atoms with Gasteiger partial charge in [0.25, 0.3) is 0 Å². The molecule has 4 heteroatoms. The van der Waals surface area contributed by atoms with Gasteiger partial charge >= 0.3 is 0 Å². The third-order valence-electron chi connectivity index (χ3n) is 4.33. The normalized spacial score (nSPS) is 23.2. The van der Waals surface area contributed by atoms with Crippen molar-refractivity contribution in [1.29, 1.82) is 0 Å². The second-order valence-corrected chi connectivity index (χ2v) is 5.91. The van der Waals surface area contributed by atoms with Gasteiger partial charge in [0.1, 0.15) is 6.10 Å². The number of ether oxygens (including phenoxy) is 3. The summed E-state index contributed by atoms with van der Waals surface area (Å²) in [6.45, 7) is 2.73. The van der Waals surface area contributed by atoms with Gasteiger partial charge in [-0.15, -0.1) is 0 Å². The zero-order chi connectivity index (χ0) is 14.5. The van der Waals surface area contributed by atoms with Crippen molar-refractivity contribution < 1.29 is 14.2 Å². The van der Waals surface area contributed by atoms with Crippen LogP contribution in [0.25, 0.3) is 0 Å². The van der Waals surface area contributed by atoms with Crippen molar-refractivity contribution in [1.82, 2.24) is 5.32 Å². The molecule has 1 N–H and O–H groups in total. The smallest absolute Gasteiger partial charge is 0.161 e. The van der Waals surface area contributed by atoms with Crippen molar-refractivity contribution in [3.63, 3.8) is 0 Å². The van der Waals surface area contributed by atoms with Crippen LogP contribution in [0, 0.1) is 0 Å². The number of methoxy groups -OCH3 is 1. The van der Waals surface area contributed by atoms with E-state index in [9.17, 15) is 0 Å². The summed E-state index contributed by atoms with van der Waals surface area (Å²) in [6, 6.07) is 6.95. The average Bonchev–Trinajstić information content (AvgIpc) is 3.03. The molecule has 0 aromatic heterocycles. The van der Waals surface area contributed by atoms with Gasteiger partial charge in [0.05, 0.1) is 20.3 Å². The topological polar surface area (TPSA) is 39.7 Å². The summed E-state index contributed by atoms with van der Waals surface area (Å²) in [7, 11) is 1.71. The largest absolute Gasteiger partial charge is 0.493 e. The Bertz CT molecular complexity index is 451.